The van der Waals surface area contributed by atoms with Crippen molar-refractivity contribution in [1.29, 1.82) is 0 Å². The van der Waals surface area contributed by atoms with Gasteiger partial charge in [-0.15, -0.1) is 10.2 Å². The smallest absolute Gasteiger partial charge is 0.273 e. The normalized spacial score (nSPS) is 16.9. The van der Waals surface area contributed by atoms with E-state index in [-0.39, 0.29) is 5.16 Å². The zero-order chi connectivity index (χ0) is 14.6. The van der Waals surface area contributed by atoms with Gasteiger partial charge in [0.2, 0.25) is 0 Å². The highest BCUT2D eigenvalue weighted by molar-refractivity contribution is 7.89. The van der Waals surface area contributed by atoms with Crippen LogP contribution in [0.4, 0.5) is 0 Å². The number of hydrogen-bond acceptors (Lipinski definition) is 5. The van der Waals surface area contributed by atoms with Gasteiger partial charge in [-0.3, -0.25) is 4.57 Å². The number of methoxy groups -OCH3 is 1. The summed E-state index contributed by atoms with van der Waals surface area (Å²) < 4.78 is 29.6. The molecule has 1 aliphatic rings. The Morgan fingerprint density at radius 3 is 2.65 bits per heavy atom. The Kier molecular flexibility index (Phi) is 5.11. The second-order valence-electron chi connectivity index (χ2n) is 5.28. The van der Waals surface area contributed by atoms with E-state index in [0.29, 0.717) is 19.0 Å². The zero-order valence-corrected chi connectivity index (χ0v) is 12.6. The fourth-order valence-corrected chi connectivity index (χ4v) is 3.41. The van der Waals surface area contributed by atoms with Crippen LogP contribution < -0.4 is 5.14 Å². The van der Waals surface area contributed by atoms with E-state index in [1.807, 2.05) is 0 Å². The van der Waals surface area contributed by atoms with Gasteiger partial charge in [-0.1, -0.05) is 25.7 Å². The Morgan fingerprint density at radius 2 is 2.05 bits per heavy atom. The summed E-state index contributed by atoms with van der Waals surface area (Å²) in [5.41, 5.74) is 0. The average Bonchev–Trinajstić information content (AvgIpc) is 3.02. The van der Waals surface area contributed by atoms with Gasteiger partial charge >= 0.3 is 0 Å². The van der Waals surface area contributed by atoms with Gasteiger partial charge in [-0.05, 0) is 12.3 Å². The van der Waals surface area contributed by atoms with Crippen LogP contribution in [0.1, 0.15) is 37.9 Å². The molecule has 0 radical (unpaired) electrons. The number of nitrogens with two attached hydrogens (primary N) is 1. The molecule has 114 valence electrons. The van der Waals surface area contributed by atoms with Crippen molar-refractivity contribution in [3.05, 3.63) is 5.82 Å². The van der Waals surface area contributed by atoms with Crippen LogP contribution in [0.3, 0.4) is 0 Å². The number of hydrogen-bond donors (Lipinski definition) is 1. The van der Waals surface area contributed by atoms with Crippen molar-refractivity contribution in [2.75, 3.05) is 13.7 Å². The summed E-state index contributed by atoms with van der Waals surface area (Å²) in [5.74, 6) is 1.40. The minimum Gasteiger partial charge on any atom is -0.383 e. The van der Waals surface area contributed by atoms with E-state index in [0.717, 1.165) is 18.8 Å². The van der Waals surface area contributed by atoms with Gasteiger partial charge < -0.3 is 4.74 Å². The van der Waals surface area contributed by atoms with Gasteiger partial charge in [-0.25, -0.2) is 13.6 Å². The number of aromatic nitrogens is 3. The van der Waals surface area contributed by atoms with E-state index in [1.165, 1.54) is 25.7 Å². The molecule has 8 heteroatoms. The van der Waals surface area contributed by atoms with Gasteiger partial charge in [0.25, 0.3) is 15.2 Å². The minimum atomic E-state index is -3.85. The van der Waals surface area contributed by atoms with Crippen molar-refractivity contribution in [1.82, 2.24) is 14.8 Å². The molecule has 0 aliphatic heterocycles. The highest BCUT2D eigenvalue weighted by Crippen LogP contribution is 2.28. The maximum Gasteiger partial charge on any atom is 0.273 e. The largest absolute Gasteiger partial charge is 0.383 e. The summed E-state index contributed by atoms with van der Waals surface area (Å²) >= 11 is 0. The van der Waals surface area contributed by atoms with Crippen LogP contribution in [-0.4, -0.2) is 36.9 Å². The first-order valence-electron chi connectivity index (χ1n) is 6.96. The molecule has 1 heterocycles. The second kappa shape index (κ2) is 6.64. The Labute approximate surface area is 119 Å². The molecule has 0 bridgehead atoms. The standard InChI is InChI=1S/C12H22N4O3S/c1-19-9-8-16-11(7-6-10-4-2-3-5-10)14-15-12(16)20(13,17)18/h10H,2-9H2,1H3,(H2,13,17,18). The number of sulfonamides is 1. The highest BCUT2D eigenvalue weighted by atomic mass is 32.2. The predicted octanol–water partition coefficient (Wildman–Crippen LogP) is 0.695. The lowest BCUT2D eigenvalue weighted by molar-refractivity contribution is 0.183. The molecule has 0 atom stereocenters. The summed E-state index contributed by atoms with van der Waals surface area (Å²) in [4.78, 5) is 0. The molecule has 7 nitrogen and oxygen atoms in total. The third kappa shape index (κ3) is 3.77. The number of nitrogens with zero attached hydrogens (tertiary/aromatic N) is 3. The van der Waals surface area contributed by atoms with Crippen LogP contribution in [0.15, 0.2) is 5.16 Å². The molecule has 2 rings (SSSR count). The van der Waals surface area contributed by atoms with Crippen molar-refractivity contribution in [2.24, 2.45) is 11.1 Å². The molecule has 1 aromatic rings. The Hall–Kier alpha value is -0.990. The van der Waals surface area contributed by atoms with Gasteiger partial charge in [-0.2, -0.15) is 0 Å². The van der Waals surface area contributed by atoms with Crippen LogP contribution in [0, 0.1) is 5.92 Å². The minimum absolute atomic E-state index is 0.170. The van der Waals surface area contributed by atoms with Crippen molar-refractivity contribution in [2.45, 2.75) is 50.2 Å². The van der Waals surface area contributed by atoms with Crippen LogP contribution in [0.2, 0.25) is 0 Å². The lowest BCUT2D eigenvalue weighted by atomic mass is 10.0. The average molecular weight is 302 g/mol. The summed E-state index contributed by atoms with van der Waals surface area (Å²) in [6.45, 7) is 0.798. The highest BCUT2D eigenvalue weighted by Gasteiger charge is 2.22. The molecular formula is C12H22N4O3S. The topological polar surface area (TPSA) is 100 Å². The van der Waals surface area contributed by atoms with Gasteiger partial charge in [0.1, 0.15) is 5.82 Å². The Balaban J connectivity index is 2.12. The van der Waals surface area contributed by atoms with E-state index in [1.54, 1.807) is 11.7 Å². The monoisotopic (exact) mass is 302 g/mol. The van der Waals surface area contributed by atoms with Gasteiger partial charge in [0.15, 0.2) is 0 Å². The second-order valence-corrected chi connectivity index (χ2v) is 6.73. The number of primary sulfonamides is 1. The molecule has 1 saturated carbocycles. The van der Waals surface area contributed by atoms with E-state index >= 15 is 0 Å². The fraction of sp³-hybridized carbons (Fsp3) is 0.833. The maximum absolute atomic E-state index is 11.5. The molecule has 20 heavy (non-hydrogen) atoms. The molecule has 0 unspecified atom stereocenters. The first kappa shape index (κ1) is 15.4. The summed E-state index contributed by atoms with van der Waals surface area (Å²) in [6.07, 6.45) is 6.86. The molecular weight excluding hydrogens is 280 g/mol. The van der Waals surface area contributed by atoms with Gasteiger partial charge in [0, 0.05) is 20.1 Å². The molecule has 0 amide bonds. The summed E-state index contributed by atoms with van der Waals surface area (Å²) in [5, 5.41) is 12.7. The van der Waals surface area contributed by atoms with Crippen LogP contribution in [0.5, 0.6) is 0 Å². The van der Waals surface area contributed by atoms with Crippen molar-refractivity contribution >= 4 is 10.0 Å². The first-order chi connectivity index (χ1) is 9.52. The number of aryl methyl sites for hydroxylation is 1. The van der Waals surface area contributed by atoms with Crippen molar-refractivity contribution < 1.29 is 13.2 Å². The number of ether oxygens (including phenoxy) is 1. The molecule has 1 aromatic heterocycles. The van der Waals surface area contributed by atoms with E-state index in [4.69, 9.17) is 9.88 Å². The van der Waals surface area contributed by atoms with E-state index < -0.39 is 10.0 Å². The molecule has 0 spiro atoms. The molecule has 1 fully saturated rings. The third-order valence-electron chi connectivity index (χ3n) is 3.82. The third-order valence-corrected chi connectivity index (χ3v) is 4.63. The first-order valence-corrected chi connectivity index (χ1v) is 8.51. The maximum atomic E-state index is 11.5. The number of rotatable bonds is 7. The fourth-order valence-electron chi connectivity index (χ4n) is 2.75. The van der Waals surface area contributed by atoms with Crippen LogP contribution >= 0.6 is 0 Å². The Bertz CT molecular complexity index is 535. The Morgan fingerprint density at radius 1 is 1.35 bits per heavy atom. The summed E-state index contributed by atoms with van der Waals surface area (Å²) in [6, 6.07) is 0. The zero-order valence-electron chi connectivity index (χ0n) is 11.8. The predicted molar refractivity (Wildman–Crippen MR) is 73.6 cm³/mol. The quantitative estimate of drug-likeness (QED) is 0.799. The van der Waals surface area contributed by atoms with E-state index in [2.05, 4.69) is 10.2 Å². The molecule has 0 aromatic carbocycles. The molecule has 0 saturated heterocycles. The van der Waals surface area contributed by atoms with Crippen molar-refractivity contribution in [3.8, 4) is 0 Å². The SMILES string of the molecule is COCCn1c(CCC2CCCC2)nnc1S(N)(=O)=O. The van der Waals surface area contributed by atoms with Crippen LogP contribution in [-0.2, 0) is 27.7 Å². The lowest BCUT2D eigenvalue weighted by Gasteiger charge is -2.11. The van der Waals surface area contributed by atoms with E-state index in [9.17, 15) is 8.42 Å². The summed E-state index contributed by atoms with van der Waals surface area (Å²) in [7, 11) is -2.28. The van der Waals surface area contributed by atoms with Gasteiger partial charge in [0.05, 0.1) is 6.61 Å². The van der Waals surface area contributed by atoms with Crippen LogP contribution in [0.25, 0.3) is 0 Å². The molecule has 1 aliphatic carbocycles. The molecule has 2 N–H and O–H groups in total. The lowest BCUT2D eigenvalue weighted by Crippen LogP contribution is -2.21. The van der Waals surface area contributed by atoms with Crippen molar-refractivity contribution in [3.63, 3.8) is 0 Å².